The molecular formula is C10H12N2O. The van der Waals surface area contributed by atoms with Gasteiger partial charge in [0.15, 0.2) is 0 Å². The number of hydrogen-bond donors (Lipinski definition) is 1. The molecule has 0 bridgehead atoms. The molecule has 3 heteroatoms. The van der Waals surface area contributed by atoms with Gasteiger partial charge >= 0.3 is 0 Å². The molecule has 1 N–H and O–H groups in total. The third-order valence-corrected chi connectivity index (χ3v) is 2.03. The van der Waals surface area contributed by atoms with Crippen LogP contribution < -0.4 is 0 Å². The van der Waals surface area contributed by atoms with E-state index in [9.17, 15) is 5.11 Å². The Hall–Kier alpha value is -1.40. The molecule has 2 atom stereocenters. The Labute approximate surface area is 77.7 Å². The largest absolute Gasteiger partial charge is 0.387 e. The van der Waals surface area contributed by atoms with Gasteiger partial charge in [-0.2, -0.15) is 5.26 Å². The molecule has 68 valence electrons. The molecule has 0 radical (unpaired) electrons. The van der Waals surface area contributed by atoms with E-state index < -0.39 is 6.10 Å². The second kappa shape index (κ2) is 4.58. The van der Waals surface area contributed by atoms with Crippen LogP contribution in [0.2, 0.25) is 0 Å². The van der Waals surface area contributed by atoms with Gasteiger partial charge < -0.3 is 5.11 Å². The molecule has 0 fully saturated rings. The maximum absolute atomic E-state index is 9.73. The number of aliphatic hydroxyl groups excluding tert-OH is 1. The minimum absolute atomic E-state index is 0.331. The zero-order valence-corrected chi connectivity index (χ0v) is 7.51. The maximum atomic E-state index is 9.73. The van der Waals surface area contributed by atoms with Crippen LogP contribution in [0, 0.1) is 17.2 Å². The molecule has 0 saturated heterocycles. The van der Waals surface area contributed by atoms with Crippen molar-refractivity contribution in [1.29, 1.82) is 5.26 Å². The number of hydrogen-bond acceptors (Lipinski definition) is 3. The second-order valence-corrected chi connectivity index (χ2v) is 2.87. The van der Waals surface area contributed by atoms with Gasteiger partial charge in [-0.15, -0.1) is 0 Å². The minimum Gasteiger partial charge on any atom is -0.387 e. The first-order chi connectivity index (χ1) is 6.29. The first-order valence-corrected chi connectivity index (χ1v) is 4.27. The zero-order chi connectivity index (χ0) is 9.68. The fraction of sp³-hybridized carbons (Fsp3) is 0.400. The fourth-order valence-corrected chi connectivity index (χ4v) is 1.18. The number of nitrogens with zero attached hydrogens (tertiary/aromatic N) is 2. The van der Waals surface area contributed by atoms with E-state index in [2.05, 4.69) is 11.1 Å². The summed E-state index contributed by atoms with van der Waals surface area (Å²) in [5, 5.41) is 18.5. The Balaban J connectivity index is 2.79. The topological polar surface area (TPSA) is 56.9 Å². The zero-order valence-electron chi connectivity index (χ0n) is 7.51. The van der Waals surface area contributed by atoms with Crippen LogP contribution in [0.25, 0.3) is 0 Å². The van der Waals surface area contributed by atoms with Crippen molar-refractivity contribution in [3.05, 3.63) is 30.1 Å². The Kier molecular flexibility index (Phi) is 3.41. The average molecular weight is 176 g/mol. The molecule has 0 spiro atoms. The summed E-state index contributed by atoms with van der Waals surface area (Å²) in [6, 6.07) is 5.53. The predicted octanol–water partition coefficient (Wildman–Crippen LogP) is 1.66. The number of nitriles is 1. The lowest BCUT2D eigenvalue weighted by atomic mass is 9.96. The normalized spacial score (nSPS) is 14.5. The molecule has 0 aliphatic heterocycles. The smallest absolute Gasteiger partial charge is 0.0949 e. The quantitative estimate of drug-likeness (QED) is 0.762. The van der Waals surface area contributed by atoms with Crippen LogP contribution in [0.3, 0.4) is 0 Å². The Morgan fingerprint density at radius 3 is 2.62 bits per heavy atom. The molecule has 13 heavy (non-hydrogen) atoms. The van der Waals surface area contributed by atoms with Gasteiger partial charge in [-0.25, -0.2) is 0 Å². The van der Waals surface area contributed by atoms with E-state index in [0.29, 0.717) is 6.42 Å². The standard InChI is InChI=1S/C10H12N2O/c1-2-8(7-11)10(13)9-3-5-12-6-4-9/h3-6,8,10,13H,2H2,1H3. The highest BCUT2D eigenvalue weighted by Crippen LogP contribution is 2.22. The van der Waals surface area contributed by atoms with Crippen LogP contribution >= 0.6 is 0 Å². The molecule has 1 aromatic heterocycles. The number of rotatable bonds is 3. The van der Waals surface area contributed by atoms with Crippen molar-refractivity contribution in [3.63, 3.8) is 0 Å². The summed E-state index contributed by atoms with van der Waals surface area (Å²) in [6.07, 6.45) is 3.18. The molecule has 1 heterocycles. The van der Waals surface area contributed by atoms with Crippen LogP contribution in [-0.2, 0) is 0 Å². The third-order valence-electron chi connectivity index (χ3n) is 2.03. The highest BCUT2D eigenvalue weighted by Gasteiger charge is 2.17. The van der Waals surface area contributed by atoms with Gasteiger partial charge in [-0.05, 0) is 24.1 Å². The van der Waals surface area contributed by atoms with Gasteiger partial charge in [0.1, 0.15) is 0 Å². The van der Waals surface area contributed by atoms with Gasteiger partial charge in [0.25, 0.3) is 0 Å². The van der Waals surface area contributed by atoms with Crippen molar-refractivity contribution in [2.45, 2.75) is 19.4 Å². The molecule has 1 aromatic rings. The van der Waals surface area contributed by atoms with E-state index in [4.69, 9.17) is 5.26 Å². The molecule has 0 aliphatic rings. The van der Waals surface area contributed by atoms with Gasteiger partial charge in [-0.3, -0.25) is 4.98 Å². The average Bonchev–Trinajstić information content (AvgIpc) is 2.21. The molecule has 0 amide bonds. The maximum Gasteiger partial charge on any atom is 0.0949 e. The first-order valence-electron chi connectivity index (χ1n) is 4.27. The molecule has 0 aromatic carbocycles. The van der Waals surface area contributed by atoms with E-state index in [0.717, 1.165) is 5.56 Å². The van der Waals surface area contributed by atoms with E-state index in [1.54, 1.807) is 24.5 Å². The molecule has 2 unspecified atom stereocenters. The summed E-state index contributed by atoms with van der Waals surface area (Å²) < 4.78 is 0. The van der Waals surface area contributed by atoms with E-state index in [1.165, 1.54) is 0 Å². The van der Waals surface area contributed by atoms with Crippen molar-refractivity contribution in [2.24, 2.45) is 5.92 Å². The molecule has 1 rings (SSSR count). The van der Waals surface area contributed by atoms with Gasteiger partial charge in [0.2, 0.25) is 0 Å². The second-order valence-electron chi connectivity index (χ2n) is 2.87. The van der Waals surface area contributed by atoms with Crippen molar-refractivity contribution in [1.82, 2.24) is 4.98 Å². The monoisotopic (exact) mass is 176 g/mol. The molecule has 3 nitrogen and oxygen atoms in total. The highest BCUT2D eigenvalue weighted by atomic mass is 16.3. The third kappa shape index (κ3) is 2.27. The summed E-state index contributed by atoms with van der Waals surface area (Å²) in [6.45, 7) is 1.89. The lowest BCUT2D eigenvalue weighted by Gasteiger charge is -2.14. The fourth-order valence-electron chi connectivity index (χ4n) is 1.18. The molecule has 0 saturated carbocycles. The first kappa shape index (κ1) is 9.69. The summed E-state index contributed by atoms with van der Waals surface area (Å²) in [5.41, 5.74) is 0.753. The highest BCUT2D eigenvalue weighted by molar-refractivity contribution is 5.15. The predicted molar refractivity (Wildman–Crippen MR) is 48.6 cm³/mol. The van der Waals surface area contributed by atoms with E-state index in [1.807, 2.05) is 6.92 Å². The Morgan fingerprint density at radius 1 is 1.54 bits per heavy atom. The van der Waals surface area contributed by atoms with Crippen LogP contribution in [0.15, 0.2) is 24.5 Å². The van der Waals surface area contributed by atoms with Crippen LogP contribution in [-0.4, -0.2) is 10.1 Å². The Morgan fingerprint density at radius 2 is 2.15 bits per heavy atom. The van der Waals surface area contributed by atoms with Gasteiger partial charge in [0, 0.05) is 12.4 Å². The lowest BCUT2D eigenvalue weighted by molar-refractivity contribution is 0.132. The summed E-state index contributed by atoms with van der Waals surface area (Å²) in [5.74, 6) is -0.331. The molecule has 0 aliphatic carbocycles. The van der Waals surface area contributed by atoms with Crippen LogP contribution in [0.1, 0.15) is 25.0 Å². The Bertz CT molecular complexity index is 292. The number of aromatic nitrogens is 1. The molecular weight excluding hydrogens is 164 g/mol. The SMILES string of the molecule is CCC(C#N)C(O)c1ccncc1. The number of pyridine rings is 1. The van der Waals surface area contributed by atoms with Crippen molar-refractivity contribution < 1.29 is 5.11 Å². The van der Waals surface area contributed by atoms with Crippen LogP contribution in [0.5, 0.6) is 0 Å². The summed E-state index contributed by atoms with van der Waals surface area (Å²) >= 11 is 0. The van der Waals surface area contributed by atoms with E-state index >= 15 is 0 Å². The lowest BCUT2D eigenvalue weighted by Crippen LogP contribution is -2.09. The summed E-state index contributed by atoms with van der Waals surface area (Å²) in [7, 11) is 0. The minimum atomic E-state index is -0.696. The van der Waals surface area contributed by atoms with Crippen molar-refractivity contribution in [3.8, 4) is 6.07 Å². The summed E-state index contributed by atoms with van der Waals surface area (Å²) in [4.78, 5) is 3.84. The van der Waals surface area contributed by atoms with Crippen molar-refractivity contribution in [2.75, 3.05) is 0 Å². The van der Waals surface area contributed by atoms with Gasteiger partial charge in [0.05, 0.1) is 18.1 Å². The van der Waals surface area contributed by atoms with Crippen molar-refractivity contribution >= 4 is 0 Å². The number of aliphatic hydroxyl groups is 1. The van der Waals surface area contributed by atoms with E-state index in [-0.39, 0.29) is 5.92 Å². The van der Waals surface area contributed by atoms with Gasteiger partial charge in [-0.1, -0.05) is 6.92 Å². The van der Waals surface area contributed by atoms with Crippen LogP contribution in [0.4, 0.5) is 0 Å².